The van der Waals surface area contributed by atoms with Gasteiger partial charge in [0.05, 0.1) is 13.2 Å². The fourth-order valence-corrected chi connectivity index (χ4v) is 0.778. The molecule has 0 fully saturated rings. The number of hydrogen-bond donors (Lipinski definition) is 2. The Balaban J connectivity index is 3.83. The minimum Gasteiger partial charge on any atom is -0.468 e. The second-order valence-corrected chi connectivity index (χ2v) is 2.94. The Morgan fingerprint density at radius 1 is 1.42 bits per heavy atom. The van der Waals surface area contributed by atoms with Gasteiger partial charge in [-0.05, 0) is 20.8 Å². The quantitative estimate of drug-likeness (QED) is 0.586. The van der Waals surface area contributed by atoms with Crippen LogP contribution in [0.3, 0.4) is 0 Å². The molecular weight excluding hydrogens is 158 g/mol. The molecule has 0 saturated carbocycles. The molecule has 0 saturated heterocycles. The summed E-state index contributed by atoms with van der Waals surface area (Å²) in [6.07, 6.45) is -0.475. The first-order chi connectivity index (χ1) is 5.49. The summed E-state index contributed by atoms with van der Waals surface area (Å²) in [6, 6.07) is -0.487. The van der Waals surface area contributed by atoms with Crippen LogP contribution in [-0.2, 0) is 9.53 Å². The lowest BCUT2D eigenvalue weighted by Crippen LogP contribution is -2.45. The molecule has 0 aliphatic rings. The summed E-state index contributed by atoms with van der Waals surface area (Å²) in [5.74, 6) is -0.317. The van der Waals surface area contributed by atoms with E-state index < -0.39 is 6.10 Å². The predicted octanol–water partition coefficient (Wildman–Crippen LogP) is -0.0932. The zero-order valence-electron chi connectivity index (χ0n) is 8.00. The maximum absolute atomic E-state index is 10.9. The van der Waals surface area contributed by atoms with Gasteiger partial charge in [0, 0.05) is 6.04 Å². The van der Waals surface area contributed by atoms with Crippen LogP contribution < -0.4 is 5.32 Å². The summed E-state index contributed by atoms with van der Waals surface area (Å²) in [4.78, 5) is 10.9. The maximum Gasteiger partial charge on any atom is 0.322 e. The van der Waals surface area contributed by atoms with Crippen molar-refractivity contribution in [1.29, 1.82) is 0 Å². The number of rotatable bonds is 4. The van der Waals surface area contributed by atoms with Crippen molar-refractivity contribution < 1.29 is 14.6 Å². The van der Waals surface area contributed by atoms with Crippen molar-refractivity contribution in [2.24, 2.45) is 0 Å². The number of aliphatic hydroxyl groups is 1. The van der Waals surface area contributed by atoms with Crippen LogP contribution in [0, 0.1) is 0 Å². The van der Waals surface area contributed by atoms with Gasteiger partial charge in [-0.2, -0.15) is 0 Å². The Labute approximate surface area is 72.9 Å². The first-order valence-electron chi connectivity index (χ1n) is 4.01. The minimum atomic E-state index is -0.475. The monoisotopic (exact) mass is 175 g/mol. The van der Waals surface area contributed by atoms with E-state index in [1.54, 1.807) is 13.8 Å². The molecule has 12 heavy (non-hydrogen) atoms. The average Bonchev–Trinajstić information content (AvgIpc) is 2.02. The fourth-order valence-electron chi connectivity index (χ4n) is 0.778. The largest absolute Gasteiger partial charge is 0.468 e. The van der Waals surface area contributed by atoms with Crippen molar-refractivity contribution in [2.45, 2.75) is 39.0 Å². The van der Waals surface area contributed by atoms with E-state index in [0.717, 1.165) is 0 Å². The molecule has 3 atom stereocenters. The van der Waals surface area contributed by atoms with Crippen LogP contribution in [0.4, 0.5) is 0 Å². The van der Waals surface area contributed by atoms with Gasteiger partial charge in [-0.15, -0.1) is 0 Å². The van der Waals surface area contributed by atoms with Gasteiger partial charge in [0.1, 0.15) is 6.04 Å². The Morgan fingerprint density at radius 2 is 1.92 bits per heavy atom. The van der Waals surface area contributed by atoms with Crippen LogP contribution in [-0.4, -0.2) is 36.4 Å². The van der Waals surface area contributed by atoms with E-state index in [4.69, 9.17) is 5.11 Å². The molecule has 2 N–H and O–H groups in total. The second kappa shape index (κ2) is 5.11. The first kappa shape index (κ1) is 11.4. The molecule has 4 heteroatoms. The van der Waals surface area contributed by atoms with E-state index in [-0.39, 0.29) is 18.1 Å². The third kappa shape index (κ3) is 3.69. The minimum absolute atomic E-state index is 0.112. The predicted molar refractivity (Wildman–Crippen MR) is 45.8 cm³/mol. The number of hydrogen-bond acceptors (Lipinski definition) is 4. The zero-order chi connectivity index (χ0) is 9.72. The number of esters is 1. The van der Waals surface area contributed by atoms with Crippen molar-refractivity contribution in [3.05, 3.63) is 0 Å². The topological polar surface area (TPSA) is 58.6 Å². The van der Waals surface area contributed by atoms with Crippen molar-refractivity contribution in [2.75, 3.05) is 7.11 Å². The lowest BCUT2D eigenvalue weighted by Gasteiger charge is -2.20. The lowest BCUT2D eigenvalue weighted by molar-refractivity contribution is -0.143. The van der Waals surface area contributed by atoms with Crippen molar-refractivity contribution in [1.82, 2.24) is 5.32 Å². The Hall–Kier alpha value is -0.610. The van der Waals surface area contributed by atoms with Gasteiger partial charge in [-0.25, -0.2) is 0 Å². The number of ether oxygens (including phenoxy) is 1. The van der Waals surface area contributed by atoms with Gasteiger partial charge >= 0.3 is 5.97 Å². The zero-order valence-corrected chi connectivity index (χ0v) is 8.00. The molecule has 0 rings (SSSR count). The van der Waals surface area contributed by atoms with Gasteiger partial charge < -0.3 is 9.84 Å². The molecule has 0 heterocycles. The average molecular weight is 175 g/mol. The third-order valence-corrected chi connectivity index (χ3v) is 1.79. The number of carbonyl (C=O) groups excluding carboxylic acids is 1. The lowest BCUT2D eigenvalue weighted by atomic mass is 10.2. The van der Waals surface area contributed by atoms with Crippen LogP contribution >= 0.6 is 0 Å². The summed E-state index contributed by atoms with van der Waals surface area (Å²) in [7, 11) is 1.34. The Bertz CT molecular complexity index is 147. The van der Waals surface area contributed by atoms with Gasteiger partial charge in [-0.1, -0.05) is 0 Å². The molecule has 0 radical (unpaired) electrons. The highest BCUT2D eigenvalue weighted by Gasteiger charge is 2.17. The summed E-state index contributed by atoms with van der Waals surface area (Å²) >= 11 is 0. The van der Waals surface area contributed by atoms with Crippen molar-refractivity contribution in [3.8, 4) is 0 Å². The number of methoxy groups -OCH3 is 1. The fraction of sp³-hybridized carbons (Fsp3) is 0.875. The maximum atomic E-state index is 10.9. The van der Waals surface area contributed by atoms with Crippen molar-refractivity contribution in [3.63, 3.8) is 0 Å². The molecule has 0 bridgehead atoms. The van der Waals surface area contributed by atoms with Crippen LogP contribution in [0.2, 0.25) is 0 Å². The highest BCUT2D eigenvalue weighted by atomic mass is 16.5. The molecule has 0 aliphatic carbocycles. The Kier molecular flexibility index (Phi) is 4.85. The van der Waals surface area contributed by atoms with Crippen molar-refractivity contribution >= 4 is 5.97 Å². The number of nitrogens with one attached hydrogen (secondary N) is 1. The summed E-state index contributed by atoms with van der Waals surface area (Å²) < 4.78 is 4.51. The second-order valence-electron chi connectivity index (χ2n) is 2.94. The summed E-state index contributed by atoms with van der Waals surface area (Å²) in [5.41, 5.74) is 0. The first-order valence-corrected chi connectivity index (χ1v) is 4.01. The van der Waals surface area contributed by atoms with E-state index >= 15 is 0 Å². The van der Waals surface area contributed by atoms with E-state index in [0.29, 0.717) is 0 Å². The number of carbonyl (C=O) groups is 1. The van der Waals surface area contributed by atoms with Crippen LogP contribution in [0.1, 0.15) is 20.8 Å². The molecular formula is C8H17NO3. The standard InChI is InChI=1S/C8H17NO3/c1-5(7(3)10)9-6(2)8(11)12-4/h5-7,9-10H,1-4H3. The normalized spacial score (nSPS) is 18.1. The van der Waals surface area contributed by atoms with Crippen LogP contribution in [0.25, 0.3) is 0 Å². The van der Waals surface area contributed by atoms with Crippen LogP contribution in [0.15, 0.2) is 0 Å². The molecule has 4 nitrogen and oxygen atoms in total. The molecule has 0 aromatic heterocycles. The molecule has 0 spiro atoms. The van der Waals surface area contributed by atoms with E-state index in [1.165, 1.54) is 7.11 Å². The van der Waals surface area contributed by atoms with Crippen LogP contribution in [0.5, 0.6) is 0 Å². The highest BCUT2D eigenvalue weighted by Crippen LogP contribution is 1.94. The molecule has 0 aliphatic heterocycles. The molecule has 0 aromatic rings. The molecule has 3 unspecified atom stereocenters. The summed E-state index contributed by atoms with van der Waals surface area (Å²) in [6.45, 7) is 5.18. The smallest absolute Gasteiger partial charge is 0.322 e. The number of aliphatic hydroxyl groups excluding tert-OH is 1. The van der Waals surface area contributed by atoms with E-state index in [9.17, 15) is 4.79 Å². The third-order valence-electron chi connectivity index (χ3n) is 1.79. The van der Waals surface area contributed by atoms with E-state index in [1.807, 2.05) is 6.92 Å². The van der Waals surface area contributed by atoms with E-state index in [2.05, 4.69) is 10.1 Å². The molecule has 0 amide bonds. The Morgan fingerprint density at radius 3 is 2.25 bits per heavy atom. The van der Waals surface area contributed by atoms with Gasteiger partial charge in [0.25, 0.3) is 0 Å². The SMILES string of the molecule is COC(=O)C(C)NC(C)C(C)O. The summed E-state index contributed by atoms with van der Waals surface area (Å²) in [5, 5.41) is 12.0. The highest BCUT2D eigenvalue weighted by molar-refractivity contribution is 5.75. The molecule has 72 valence electrons. The van der Waals surface area contributed by atoms with Gasteiger partial charge in [0.2, 0.25) is 0 Å². The van der Waals surface area contributed by atoms with Gasteiger partial charge in [-0.3, -0.25) is 10.1 Å². The molecule has 0 aromatic carbocycles. The van der Waals surface area contributed by atoms with Gasteiger partial charge in [0.15, 0.2) is 0 Å².